The number of aryl methyl sites for hydroxylation is 1. The lowest BCUT2D eigenvalue weighted by molar-refractivity contribution is 0.0595. The fourth-order valence-electron chi connectivity index (χ4n) is 2.63. The third-order valence-corrected chi connectivity index (χ3v) is 4.01. The zero-order chi connectivity index (χ0) is 16.2. The van der Waals surface area contributed by atoms with Crippen molar-refractivity contribution in [1.29, 1.82) is 0 Å². The van der Waals surface area contributed by atoms with E-state index in [9.17, 15) is 9.18 Å². The van der Waals surface area contributed by atoms with Gasteiger partial charge in [-0.25, -0.2) is 9.18 Å². The van der Waals surface area contributed by atoms with Crippen molar-refractivity contribution in [2.75, 3.05) is 7.11 Å². The molecule has 0 heterocycles. The number of benzene rings is 1. The molecule has 0 aliphatic heterocycles. The first-order valence-corrected chi connectivity index (χ1v) is 8.55. The lowest BCUT2D eigenvalue weighted by atomic mass is 10.0. The third kappa shape index (κ3) is 7.06. The summed E-state index contributed by atoms with van der Waals surface area (Å²) in [6, 6.07) is 4.73. The molecule has 0 N–H and O–H groups in total. The highest BCUT2D eigenvalue weighted by Gasteiger charge is 2.12. The van der Waals surface area contributed by atoms with E-state index in [1.165, 1.54) is 64.5 Å². The van der Waals surface area contributed by atoms with Crippen LogP contribution in [-0.4, -0.2) is 13.1 Å². The van der Waals surface area contributed by atoms with E-state index in [1.807, 2.05) is 0 Å². The molecular formula is C19H29FO2. The Hall–Kier alpha value is -1.38. The van der Waals surface area contributed by atoms with Gasteiger partial charge in [0, 0.05) is 0 Å². The molecule has 0 atom stereocenters. The van der Waals surface area contributed by atoms with E-state index in [0.717, 1.165) is 18.4 Å². The van der Waals surface area contributed by atoms with Crippen molar-refractivity contribution in [1.82, 2.24) is 0 Å². The van der Waals surface area contributed by atoms with Crippen LogP contribution in [0.3, 0.4) is 0 Å². The van der Waals surface area contributed by atoms with E-state index in [1.54, 1.807) is 12.1 Å². The van der Waals surface area contributed by atoms with Gasteiger partial charge < -0.3 is 4.74 Å². The minimum Gasteiger partial charge on any atom is -0.465 e. The maximum atomic E-state index is 13.5. The van der Waals surface area contributed by atoms with Crippen LogP contribution in [-0.2, 0) is 11.2 Å². The number of halogens is 1. The average Bonchev–Trinajstić information content (AvgIpc) is 2.54. The van der Waals surface area contributed by atoms with Crippen LogP contribution in [0.15, 0.2) is 18.2 Å². The van der Waals surface area contributed by atoms with Crippen LogP contribution in [0.5, 0.6) is 0 Å². The highest BCUT2D eigenvalue weighted by atomic mass is 19.1. The Labute approximate surface area is 134 Å². The Morgan fingerprint density at radius 1 is 1.00 bits per heavy atom. The largest absolute Gasteiger partial charge is 0.465 e. The Kier molecular flexibility index (Phi) is 9.52. The highest BCUT2D eigenvalue weighted by molar-refractivity contribution is 5.89. The van der Waals surface area contributed by atoms with E-state index >= 15 is 0 Å². The predicted octanol–water partition coefficient (Wildman–Crippen LogP) is 5.69. The number of ether oxygens (including phenoxy) is 1. The molecule has 0 bridgehead atoms. The Morgan fingerprint density at radius 2 is 1.59 bits per heavy atom. The molecule has 0 aliphatic carbocycles. The monoisotopic (exact) mass is 308 g/mol. The number of methoxy groups -OCH3 is 1. The van der Waals surface area contributed by atoms with Gasteiger partial charge in [0.15, 0.2) is 0 Å². The van der Waals surface area contributed by atoms with Crippen molar-refractivity contribution in [2.24, 2.45) is 0 Å². The van der Waals surface area contributed by atoms with E-state index in [4.69, 9.17) is 0 Å². The molecule has 1 aromatic rings. The number of hydrogen-bond donors (Lipinski definition) is 0. The van der Waals surface area contributed by atoms with E-state index < -0.39 is 11.8 Å². The van der Waals surface area contributed by atoms with Gasteiger partial charge in [-0.1, -0.05) is 64.4 Å². The standard InChI is InChI=1S/C19H29FO2/c1-3-4-5-6-7-8-9-10-11-12-16-13-14-18(20)17(15-16)19(21)22-2/h13-15H,3-12H2,1-2H3. The zero-order valence-corrected chi connectivity index (χ0v) is 14.0. The van der Waals surface area contributed by atoms with Crippen molar-refractivity contribution in [2.45, 2.75) is 71.1 Å². The fraction of sp³-hybridized carbons (Fsp3) is 0.632. The lowest BCUT2D eigenvalue weighted by Crippen LogP contribution is -2.05. The van der Waals surface area contributed by atoms with Crippen LogP contribution in [0.2, 0.25) is 0 Å². The smallest absolute Gasteiger partial charge is 0.340 e. The molecule has 124 valence electrons. The van der Waals surface area contributed by atoms with E-state index in [0.29, 0.717) is 0 Å². The Morgan fingerprint density at radius 3 is 2.18 bits per heavy atom. The summed E-state index contributed by atoms with van der Waals surface area (Å²) in [5.74, 6) is -1.12. The SMILES string of the molecule is CCCCCCCCCCCc1ccc(F)c(C(=O)OC)c1. The second-order valence-corrected chi connectivity index (χ2v) is 5.88. The molecule has 0 spiro atoms. The number of rotatable bonds is 11. The van der Waals surface area contributed by atoms with Crippen LogP contribution in [0, 0.1) is 5.82 Å². The molecule has 1 rings (SSSR count). The normalized spacial score (nSPS) is 10.7. The molecule has 3 heteroatoms. The molecule has 1 aromatic carbocycles. The zero-order valence-electron chi connectivity index (χ0n) is 14.0. The molecule has 0 saturated heterocycles. The molecule has 0 saturated carbocycles. The van der Waals surface area contributed by atoms with E-state index in [-0.39, 0.29) is 5.56 Å². The van der Waals surface area contributed by atoms with Crippen molar-refractivity contribution >= 4 is 5.97 Å². The van der Waals surface area contributed by atoms with Gasteiger partial charge in [0.05, 0.1) is 12.7 Å². The van der Waals surface area contributed by atoms with Gasteiger partial charge >= 0.3 is 5.97 Å². The third-order valence-electron chi connectivity index (χ3n) is 4.01. The molecule has 0 fully saturated rings. The van der Waals surface area contributed by atoms with Crippen molar-refractivity contribution < 1.29 is 13.9 Å². The van der Waals surface area contributed by atoms with E-state index in [2.05, 4.69) is 11.7 Å². The first-order chi connectivity index (χ1) is 10.7. The van der Waals surface area contributed by atoms with Crippen LogP contribution in [0.4, 0.5) is 4.39 Å². The summed E-state index contributed by atoms with van der Waals surface area (Å²) in [6.45, 7) is 2.24. The number of unbranched alkanes of at least 4 members (excludes halogenated alkanes) is 8. The van der Waals surface area contributed by atoms with Gasteiger partial charge in [0.1, 0.15) is 5.82 Å². The van der Waals surface area contributed by atoms with Gasteiger partial charge in [-0.15, -0.1) is 0 Å². The molecule has 0 unspecified atom stereocenters. The van der Waals surface area contributed by atoms with Crippen molar-refractivity contribution in [3.63, 3.8) is 0 Å². The van der Waals surface area contributed by atoms with Gasteiger partial charge in [0.25, 0.3) is 0 Å². The lowest BCUT2D eigenvalue weighted by Gasteiger charge is -2.06. The Balaban J connectivity index is 2.21. The van der Waals surface area contributed by atoms with Crippen LogP contribution in [0.25, 0.3) is 0 Å². The number of esters is 1. The van der Waals surface area contributed by atoms with Crippen molar-refractivity contribution in [3.05, 3.63) is 35.1 Å². The fourth-order valence-corrected chi connectivity index (χ4v) is 2.63. The summed E-state index contributed by atoms with van der Waals surface area (Å²) < 4.78 is 18.1. The first-order valence-electron chi connectivity index (χ1n) is 8.55. The minimum absolute atomic E-state index is 0.0379. The molecule has 0 amide bonds. The average molecular weight is 308 g/mol. The summed E-state index contributed by atoms with van der Waals surface area (Å²) in [5.41, 5.74) is 1.04. The maximum absolute atomic E-state index is 13.5. The number of hydrogen-bond acceptors (Lipinski definition) is 2. The predicted molar refractivity (Wildman–Crippen MR) is 88.7 cm³/mol. The molecule has 22 heavy (non-hydrogen) atoms. The van der Waals surface area contributed by atoms with Crippen molar-refractivity contribution in [3.8, 4) is 0 Å². The summed E-state index contributed by atoms with van der Waals surface area (Å²) >= 11 is 0. The summed E-state index contributed by atoms with van der Waals surface area (Å²) in [5, 5.41) is 0. The van der Waals surface area contributed by atoms with Gasteiger partial charge in [-0.05, 0) is 30.5 Å². The molecule has 0 radical (unpaired) electrons. The van der Waals surface area contributed by atoms with Crippen LogP contribution >= 0.6 is 0 Å². The summed E-state index contributed by atoms with van der Waals surface area (Å²) in [7, 11) is 1.27. The number of carbonyl (C=O) groups is 1. The Bertz CT molecular complexity index is 443. The topological polar surface area (TPSA) is 26.3 Å². The maximum Gasteiger partial charge on any atom is 0.340 e. The number of carbonyl (C=O) groups excluding carboxylic acids is 1. The van der Waals surface area contributed by atoms with Gasteiger partial charge in [0.2, 0.25) is 0 Å². The highest BCUT2D eigenvalue weighted by Crippen LogP contribution is 2.15. The molecule has 2 nitrogen and oxygen atoms in total. The van der Waals surface area contributed by atoms with Gasteiger partial charge in [-0.3, -0.25) is 0 Å². The van der Waals surface area contributed by atoms with Crippen LogP contribution < -0.4 is 0 Å². The second kappa shape index (κ2) is 11.2. The minimum atomic E-state index is -0.605. The van der Waals surface area contributed by atoms with Gasteiger partial charge in [-0.2, -0.15) is 0 Å². The first kappa shape index (κ1) is 18.7. The molecular weight excluding hydrogens is 279 g/mol. The summed E-state index contributed by atoms with van der Waals surface area (Å²) in [4.78, 5) is 11.4. The summed E-state index contributed by atoms with van der Waals surface area (Å²) in [6.07, 6.45) is 12.4. The quantitative estimate of drug-likeness (QED) is 0.388. The second-order valence-electron chi connectivity index (χ2n) is 5.88. The van der Waals surface area contributed by atoms with Crippen LogP contribution in [0.1, 0.15) is 80.6 Å². The molecule has 0 aromatic heterocycles. The molecule has 0 aliphatic rings.